The number of carbonyl (C=O) groups is 2. The summed E-state index contributed by atoms with van der Waals surface area (Å²) in [5.41, 5.74) is 4.90. The highest BCUT2D eigenvalue weighted by Crippen LogP contribution is 2.41. The highest BCUT2D eigenvalue weighted by molar-refractivity contribution is 7.90. The number of nitrogens with zero attached hydrogens (tertiary/aromatic N) is 4. The van der Waals surface area contributed by atoms with Gasteiger partial charge in [-0.05, 0) is 49.1 Å². The first-order valence-corrected chi connectivity index (χ1v) is 11.9. The van der Waals surface area contributed by atoms with Crippen molar-refractivity contribution in [1.82, 2.24) is 24.4 Å². The number of likely N-dealkylation sites (N-methyl/N-ethyl adjacent to an activating group) is 1. The molecule has 0 aromatic carbocycles. The normalized spacial score (nSPS) is 19.7. The lowest BCUT2D eigenvalue weighted by Crippen LogP contribution is -2.37. The Kier molecular flexibility index (Phi) is 4.54. The second kappa shape index (κ2) is 7.04. The second-order valence-corrected chi connectivity index (χ2v) is 10.1. The van der Waals surface area contributed by atoms with Gasteiger partial charge in [-0.1, -0.05) is 6.92 Å². The van der Waals surface area contributed by atoms with E-state index in [1.54, 1.807) is 7.05 Å². The van der Waals surface area contributed by atoms with E-state index in [1.165, 1.54) is 15.6 Å². The van der Waals surface area contributed by atoms with Gasteiger partial charge in [0.25, 0.3) is 15.9 Å². The fraction of sp³-hybridized carbons (Fsp3) is 0.500. The lowest BCUT2D eigenvalue weighted by atomic mass is 10.0. The highest BCUT2D eigenvalue weighted by atomic mass is 32.2. The molecule has 0 spiro atoms. The lowest BCUT2D eigenvalue weighted by Gasteiger charge is -2.22. The summed E-state index contributed by atoms with van der Waals surface area (Å²) in [7, 11) is -2.59. The summed E-state index contributed by atoms with van der Waals surface area (Å²) in [6, 6.07) is 0.369. The van der Waals surface area contributed by atoms with Crippen LogP contribution in [0.25, 0.3) is 0 Å². The van der Waals surface area contributed by atoms with Crippen LogP contribution < -0.4 is 10.0 Å². The number of hydrogen-bond acceptors (Lipinski definition) is 6. The molecule has 0 bridgehead atoms. The molecule has 0 radical (unpaired) electrons. The largest absolute Gasteiger partial charge is 0.339 e. The Morgan fingerprint density at radius 2 is 2.00 bits per heavy atom. The zero-order valence-electron chi connectivity index (χ0n) is 17.4. The van der Waals surface area contributed by atoms with E-state index in [0.717, 1.165) is 54.6 Å². The Labute approximate surface area is 180 Å². The molecule has 0 saturated heterocycles. The predicted octanol–water partition coefficient (Wildman–Crippen LogP) is 1.41. The minimum Gasteiger partial charge on any atom is -0.339 e. The number of hydrogen-bond donors (Lipinski definition) is 2. The van der Waals surface area contributed by atoms with Crippen LogP contribution in [0.15, 0.2) is 11.1 Å². The number of pyridine rings is 1. The third-order valence-corrected chi connectivity index (χ3v) is 7.57. The average molecular weight is 445 g/mol. The van der Waals surface area contributed by atoms with Crippen molar-refractivity contribution in [2.45, 2.75) is 56.5 Å². The van der Waals surface area contributed by atoms with Crippen LogP contribution in [0.3, 0.4) is 0 Å². The number of anilines is 1. The number of fused-ring (bicyclic) bond motifs is 3. The second-order valence-electron chi connectivity index (χ2n) is 8.45. The third kappa shape index (κ3) is 3.27. The fourth-order valence-corrected chi connectivity index (χ4v) is 5.55. The SMILES string of the molecule is CC1CCc2c1nc1c(c2NC(=O)NS(=O)(=O)c2cc3n(n2)CCN(C)C3=O)CCC1. The molecule has 1 atom stereocenters. The molecule has 1 aliphatic heterocycles. The molecule has 164 valence electrons. The van der Waals surface area contributed by atoms with Gasteiger partial charge in [0.1, 0.15) is 5.69 Å². The van der Waals surface area contributed by atoms with E-state index in [0.29, 0.717) is 24.7 Å². The number of nitrogens with one attached hydrogen (secondary N) is 2. The first kappa shape index (κ1) is 20.0. The predicted molar refractivity (Wildman–Crippen MR) is 112 cm³/mol. The van der Waals surface area contributed by atoms with Gasteiger partial charge >= 0.3 is 6.03 Å². The van der Waals surface area contributed by atoms with Crippen molar-refractivity contribution < 1.29 is 18.0 Å². The molecule has 5 rings (SSSR count). The number of amides is 3. The maximum absolute atomic E-state index is 12.8. The fourth-order valence-electron chi connectivity index (χ4n) is 4.67. The van der Waals surface area contributed by atoms with Gasteiger partial charge in [0.2, 0.25) is 0 Å². The van der Waals surface area contributed by atoms with E-state index in [2.05, 4.69) is 22.1 Å². The lowest BCUT2D eigenvalue weighted by molar-refractivity contribution is 0.0742. The molecule has 11 heteroatoms. The Bertz CT molecular complexity index is 1220. The summed E-state index contributed by atoms with van der Waals surface area (Å²) in [6.07, 6.45) is 4.42. The van der Waals surface area contributed by atoms with Crippen LogP contribution in [-0.2, 0) is 35.8 Å². The molecule has 3 amide bonds. The first-order chi connectivity index (χ1) is 14.7. The van der Waals surface area contributed by atoms with E-state index in [-0.39, 0.29) is 16.6 Å². The van der Waals surface area contributed by atoms with Gasteiger partial charge in [0, 0.05) is 31.0 Å². The van der Waals surface area contributed by atoms with E-state index in [4.69, 9.17) is 4.98 Å². The van der Waals surface area contributed by atoms with Gasteiger partial charge in [-0.25, -0.2) is 9.52 Å². The van der Waals surface area contributed by atoms with Crippen LogP contribution in [0.1, 0.15) is 58.7 Å². The quantitative estimate of drug-likeness (QED) is 0.737. The van der Waals surface area contributed by atoms with Crippen LogP contribution >= 0.6 is 0 Å². The van der Waals surface area contributed by atoms with Gasteiger partial charge in [-0.3, -0.25) is 14.5 Å². The van der Waals surface area contributed by atoms with Crippen molar-refractivity contribution in [3.63, 3.8) is 0 Å². The molecule has 2 N–H and O–H groups in total. The van der Waals surface area contributed by atoms with Crippen LogP contribution in [0.2, 0.25) is 0 Å². The van der Waals surface area contributed by atoms with Gasteiger partial charge in [0.05, 0.1) is 12.2 Å². The van der Waals surface area contributed by atoms with Crippen molar-refractivity contribution in [2.75, 3.05) is 18.9 Å². The summed E-state index contributed by atoms with van der Waals surface area (Å²) < 4.78 is 29.0. The molecule has 0 fully saturated rings. The van der Waals surface area contributed by atoms with Crippen molar-refractivity contribution in [3.8, 4) is 0 Å². The van der Waals surface area contributed by atoms with Gasteiger partial charge in [-0.2, -0.15) is 13.5 Å². The number of urea groups is 1. The zero-order chi connectivity index (χ0) is 21.9. The molecule has 0 saturated carbocycles. The van der Waals surface area contributed by atoms with Gasteiger partial charge in [-0.15, -0.1) is 0 Å². The molecular weight excluding hydrogens is 420 g/mol. The first-order valence-electron chi connectivity index (χ1n) is 10.5. The standard InChI is InChI=1S/C20H24N6O4S/c1-11-6-7-13-17(11)21-14-5-3-4-12(14)18(13)22-20(28)24-31(29,30)16-10-15-19(27)25(2)8-9-26(15)23-16/h10-11H,3-9H2,1-2H3,(H2,21,22,24,28). The van der Waals surface area contributed by atoms with Crippen LogP contribution in [0, 0.1) is 0 Å². The van der Waals surface area contributed by atoms with E-state index < -0.39 is 16.1 Å². The molecule has 2 aromatic heterocycles. The minimum atomic E-state index is -4.23. The third-order valence-electron chi connectivity index (χ3n) is 6.36. The van der Waals surface area contributed by atoms with Crippen molar-refractivity contribution in [1.29, 1.82) is 0 Å². The van der Waals surface area contributed by atoms with E-state index in [1.807, 2.05) is 0 Å². The Balaban J connectivity index is 1.40. The van der Waals surface area contributed by atoms with Crippen molar-refractivity contribution in [2.24, 2.45) is 0 Å². The maximum atomic E-state index is 12.8. The summed E-state index contributed by atoms with van der Waals surface area (Å²) in [5.74, 6) is 0.0162. The van der Waals surface area contributed by atoms with Crippen molar-refractivity contribution >= 4 is 27.6 Å². The van der Waals surface area contributed by atoms with Gasteiger partial charge in [0.15, 0.2) is 5.03 Å². The molecule has 31 heavy (non-hydrogen) atoms. The van der Waals surface area contributed by atoms with Gasteiger partial charge < -0.3 is 10.2 Å². The Morgan fingerprint density at radius 3 is 2.81 bits per heavy atom. The molecule has 10 nitrogen and oxygen atoms in total. The molecular formula is C20H24N6O4S. The number of aromatic nitrogens is 3. The topological polar surface area (TPSA) is 126 Å². The van der Waals surface area contributed by atoms with E-state index in [9.17, 15) is 18.0 Å². The van der Waals surface area contributed by atoms with Crippen LogP contribution in [0.5, 0.6) is 0 Å². The summed E-state index contributed by atoms with van der Waals surface area (Å²) in [6.45, 7) is 2.96. The number of rotatable bonds is 3. The Morgan fingerprint density at radius 1 is 1.19 bits per heavy atom. The number of carbonyl (C=O) groups excluding carboxylic acids is 2. The van der Waals surface area contributed by atoms with Crippen LogP contribution in [0.4, 0.5) is 10.5 Å². The average Bonchev–Trinajstić information content (AvgIpc) is 3.43. The Hall–Kier alpha value is -2.95. The monoisotopic (exact) mass is 444 g/mol. The summed E-state index contributed by atoms with van der Waals surface area (Å²) in [5, 5.41) is 6.46. The minimum absolute atomic E-state index is 0.188. The van der Waals surface area contributed by atoms with E-state index >= 15 is 0 Å². The number of aryl methyl sites for hydroxylation is 1. The smallest absolute Gasteiger partial charge is 0.333 e. The maximum Gasteiger partial charge on any atom is 0.333 e. The molecule has 3 heterocycles. The molecule has 3 aliphatic rings. The van der Waals surface area contributed by atoms with Crippen LogP contribution in [-0.4, -0.2) is 53.6 Å². The number of sulfonamides is 1. The zero-order valence-corrected chi connectivity index (χ0v) is 18.3. The molecule has 1 unspecified atom stereocenters. The highest BCUT2D eigenvalue weighted by Gasteiger charge is 2.32. The summed E-state index contributed by atoms with van der Waals surface area (Å²) in [4.78, 5) is 31.3. The van der Waals surface area contributed by atoms with Crippen molar-refractivity contribution in [3.05, 3.63) is 34.3 Å². The molecule has 2 aliphatic carbocycles. The summed E-state index contributed by atoms with van der Waals surface area (Å²) >= 11 is 0. The molecule has 2 aromatic rings.